The van der Waals surface area contributed by atoms with Gasteiger partial charge in [-0.15, -0.1) is 12.4 Å². The molecule has 5 heteroatoms. The molecule has 2 aliphatic rings. The van der Waals surface area contributed by atoms with Gasteiger partial charge >= 0.3 is 0 Å². The second-order valence-electron chi connectivity index (χ2n) is 4.50. The van der Waals surface area contributed by atoms with E-state index in [-0.39, 0.29) is 24.2 Å². The van der Waals surface area contributed by atoms with E-state index in [1.165, 1.54) is 6.42 Å². The predicted molar refractivity (Wildman–Crippen MR) is 64.8 cm³/mol. The molecule has 2 saturated heterocycles. The Morgan fingerprint density at radius 1 is 1.44 bits per heavy atom. The Kier molecular flexibility index (Phi) is 6.09. The summed E-state index contributed by atoms with van der Waals surface area (Å²) in [6.07, 6.45) is 3.24. The predicted octanol–water partition coefficient (Wildman–Crippen LogP) is 0.560. The van der Waals surface area contributed by atoms with Gasteiger partial charge < -0.3 is 15.4 Å². The van der Waals surface area contributed by atoms with E-state index in [1.807, 2.05) is 0 Å². The Hall–Kier alpha value is -0.320. The summed E-state index contributed by atoms with van der Waals surface area (Å²) in [6.45, 7) is 4.42. The van der Waals surface area contributed by atoms with E-state index in [1.54, 1.807) is 0 Å². The second-order valence-corrected chi connectivity index (χ2v) is 4.50. The first-order chi connectivity index (χ1) is 7.36. The summed E-state index contributed by atoms with van der Waals surface area (Å²) in [5.74, 6) is 1.04. The van der Waals surface area contributed by atoms with E-state index in [9.17, 15) is 4.79 Å². The van der Waals surface area contributed by atoms with Gasteiger partial charge in [0.15, 0.2) is 0 Å². The van der Waals surface area contributed by atoms with Crippen molar-refractivity contribution in [1.82, 2.24) is 10.6 Å². The molecule has 16 heavy (non-hydrogen) atoms. The van der Waals surface area contributed by atoms with Crippen LogP contribution in [0.15, 0.2) is 0 Å². The number of nitrogens with one attached hydrogen (secondary N) is 2. The van der Waals surface area contributed by atoms with E-state index in [4.69, 9.17) is 4.74 Å². The number of rotatable bonds is 4. The first-order valence-electron chi connectivity index (χ1n) is 5.92. The largest absolute Gasteiger partial charge is 0.381 e. The lowest BCUT2D eigenvalue weighted by atomic mass is 10.0. The zero-order valence-electron chi connectivity index (χ0n) is 9.54. The Morgan fingerprint density at radius 3 is 2.94 bits per heavy atom. The first-order valence-corrected chi connectivity index (χ1v) is 5.92. The van der Waals surface area contributed by atoms with Crippen LogP contribution in [0, 0.1) is 11.8 Å². The molecule has 0 aromatic rings. The smallest absolute Gasteiger partial charge is 0.225 e. The van der Waals surface area contributed by atoms with Crippen LogP contribution in [0.3, 0.4) is 0 Å². The normalized spacial score (nSPS) is 28.8. The summed E-state index contributed by atoms with van der Waals surface area (Å²) in [4.78, 5) is 11.6. The van der Waals surface area contributed by atoms with Crippen molar-refractivity contribution in [3.05, 3.63) is 0 Å². The molecule has 4 nitrogen and oxygen atoms in total. The van der Waals surface area contributed by atoms with Gasteiger partial charge in [0.2, 0.25) is 5.91 Å². The molecule has 0 aromatic heterocycles. The maximum Gasteiger partial charge on any atom is 0.225 e. The maximum atomic E-state index is 11.6. The maximum absolute atomic E-state index is 11.6. The molecule has 1 amide bonds. The van der Waals surface area contributed by atoms with E-state index in [0.717, 1.165) is 45.0 Å². The molecule has 2 atom stereocenters. The van der Waals surface area contributed by atoms with Crippen molar-refractivity contribution in [1.29, 1.82) is 0 Å². The molecule has 2 aliphatic heterocycles. The van der Waals surface area contributed by atoms with Gasteiger partial charge in [0.05, 0.1) is 12.5 Å². The Labute approximate surface area is 103 Å². The number of hydrogen-bond acceptors (Lipinski definition) is 3. The highest BCUT2D eigenvalue weighted by Gasteiger charge is 2.23. The third-order valence-corrected chi connectivity index (χ3v) is 3.31. The molecule has 2 N–H and O–H groups in total. The molecule has 2 fully saturated rings. The number of amides is 1. The summed E-state index contributed by atoms with van der Waals surface area (Å²) < 4.78 is 5.19. The van der Waals surface area contributed by atoms with Gasteiger partial charge in [-0.1, -0.05) is 0 Å². The average Bonchev–Trinajstić information content (AvgIpc) is 2.90. The van der Waals surface area contributed by atoms with E-state index in [2.05, 4.69) is 10.6 Å². The standard InChI is InChI=1S/C11H20N2O2.ClH/c14-11(10-3-6-15-8-10)13-5-2-9-1-4-12-7-9;/h9-10,12H,1-8H2,(H,13,14);1H. The highest BCUT2D eigenvalue weighted by molar-refractivity contribution is 5.85. The molecule has 2 heterocycles. The number of carbonyl (C=O) groups is 1. The van der Waals surface area contributed by atoms with Gasteiger partial charge in [0, 0.05) is 13.2 Å². The second kappa shape index (κ2) is 7.09. The van der Waals surface area contributed by atoms with Crippen LogP contribution in [0.25, 0.3) is 0 Å². The molecular formula is C11H21ClN2O2. The lowest BCUT2D eigenvalue weighted by Crippen LogP contribution is -2.32. The summed E-state index contributed by atoms with van der Waals surface area (Å²) in [5, 5.41) is 6.34. The number of ether oxygens (including phenoxy) is 1. The molecule has 0 radical (unpaired) electrons. The Balaban J connectivity index is 0.00000128. The van der Waals surface area contributed by atoms with Crippen LogP contribution in [-0.4, -0.2) is 38.8 Å². The summed E-state index contributed by atoms with van der Waals surface area (Å²) >= 11 is 0. The monoisotopic (exact) mass is 248 g/mol. The van der Waals surface area contributed by atoms with Crippen molar-refractivity contribution in [2.45, 2.75) is 19.3 Å². The minimum Gasteiger partial charge on any atom is -0.381 e. The zero-order valence-corrected chi connectivity index (χ0v) is 10.4. The van der Waals surface area contributed by atoms with Crippen LogP contribution in [0.2, 0.25) is 0 Å². The molecule has 0 aliphatic carbocycles. The molecule has 0 aromatic carbocycles. The summed E-state index contributed by atoms with van der Waals surface area (Å²) in [5.41, 5.74) is 0. The van der Waals surface area contributed by atoms with Gasteiger partial charge in [-0.05, 0) is 38.3 Å². The highest BCUT2D eigenvalue weighted by Crippen LogP contribution is 2.13. The first kappa shape index (κ1) is 13.7. The lowest BCUT2D eigenvalue weighted by molar-refractivity contribution is -0.124. The molecular weight excluding hydrogens is 228 g/mol. The third-order valence-electron chi connectivity index (χ3n) is 3.31. The summed E-state index contributed by atoms with van der Waals surface area (Å²) in [6, 6.07) is 0. The fourth-order valence-electron chi connectivity index (χ4n) is 2.25. The Bertz CT molecular complexity index is 214. The highest BCUT2D eigenvalue weighted by atomic mass is 35.5. The van der Waals surface area contributed by atoms with Crippen LogP contribution in [-0.2, 0) is 9.53 Å². The minimum absolute atomic E-state index is 0. The molecule has 94 valence electrons. The van der Waals surface area contributed by atoms with Crippen molar-refractivity contribution in [2.24, 2.45) is 11.8 Å². The lowest BCUT2D eigenvalue weighted by Gasteiger charge is -2.11. The van der Waals surface area contributed by atoms with E-state index < -0.39 is 0 Å². The average molecular weight is 249 g/mol. The molecule has 0 saturated carbocycles. The van der Waals surface area contributed by atoms with Crippen LogP contribution in [0.1, 0.15) is 19.3 Å². The third kappa shape index (κ3) is 3.92. The number of hydrogen-bond donors (Lipinski definition) is 2. The Morgan fingerprint density at radius 2 is 2.31 bits per heavy atom. The van der Waals surface area contributed by atoms with Crippen molar-refractivity contribution >= 4 is 18.3 Å². The summed E-state index contributed by atoms with van der Waals surface area (Å²) in [7, 11) is 0. The SMILES string of the molecule is Cl.O=C(NCCC1CCNC1)C1CCOC1. The van der Waals surface area contributed by atoms with Gasteiger partial charge in [-0.25, -0.2) is 0 Å². The topological polar surface area (TPSA) is 50.4 Å². The minimum atomic E-state index is 0. The van der Waals surface area contributed by atoms with Crippen LogP contribution in [0.5, 0.6) is 0 Å². The number of carbonyl (C=O) groups excluding carboxylic acids is 1. The van der Waals surface area contributed by atoms with E-state index in [0.29, 0.717) is 6.61 Å². The van der Waals surface area contributed by atoms with Crippen molar-refractivity contribution in [2.75, 3.05) is 32.8 Å². The van der Waals surface area contributed by atoms with Gasteiger partial charge in [-0.3, -0.25) is 4.79 Å². The number of halogens is 1. The van der Waals surface area contributed by atoms with E-state index >= 15 is 0 Å². The fraction of sp³-hybridized carbons (Fsp3) is 0.909. The quantitative estimate of drug-likeness (QED) is 0.765. The van der Waals surface area contributed by atoms with Crippen LogP contribution >= 0.6 is 12.4 Å². The van der Waals surface area contributed by atoms with Crippen LogP contribution in [0.4, 0.5) is 0 Å². The molecule has 2 rings (SSSR count). The van der Waals surface area contributed by atoms with Crippen molar-refractivity contribution < 1.29 is 9.53 Å². The fourth-order valence-corrected chi connectivity index (χ4v) is 2.25. The van der Waals surface area contributed by atoms with Gasteiger partial charge in [0.1, 0.15) is 0 Å². The van der Waals surface area contributed by atoms with Crippen molar-refractivity contribution in [3.63, 3.8) is 0 Å². The molecule has 0 spiro atoms. The molecule has 2 unspecified atom stereocenters. The van der Waals surface area contributed by atoms with Gasteiger partial charge in [-0.2, -0.15) is 0 Å². The zero-order chi connectivity index (χ0) is 10.5. The van der Waals surface area contributed by atoms with Crippen LogP contribution < -0.4 is 10.6 Å². The van der Waals surface area contributed by atoms with Gasteiger partial charge in [0.25, 0.3) is 0 Å². The molecule has 0 bridgehead atoms. The van der Waals surface area contributed by atoms with Crippen molar-refractivity contribution in [3.8, 4) is 0 Å².